The average Bonchev–Trinajstić information content (AvgIpc) is 3.13. The summed E-state index contributed by atoms with van der Waals surface area (Å²) in [6.07, 6.45) is 0.877. The van der Waals surface area contributed by atoms with Crippen LogP contribution in [-0.4, -0.2) is 25.0 Å². The number of phenolic OH excluding ortho intramolecular Hbond substituents is 1. The molecule has 0 spiro atoms. The monoisotopic (exact) mass is 344 g/mol. The van der Waals surface area contributed by atoms with Crippen molar-refractivity contribution in [1.29, 1.82) is 0 Å². The van der Waals surface area contributed by atoms with Crippen molar-refractivity contribution in [3.8, 4) is 17.2 Å². The van der Waals surface area contributed by atoms with Crippen LogP contribution in [0.1, 0.15) is 29.9 Å². The molecule has 6 heteroatoms. The Balaban J connectivity index is 1.72. The lowest BCUT2D eigenvalue weighted by Crippen LogP contribution is -2.17. The van der Waals surface area contributed by atoms with Gasteiger partial charge < -0.3 is 19.3 Å². The molecule has 130 valence electrons. The summed E-state index contributed by atoms with van der Waals surface area (Å²) in [5, 5.41) is 9.40. The zero-order valence-electron chi connectivity index (χ0n) is 13.6. The maximum Gasteiger partial charge on any atom is 0.306 e. The quantitative estimate of drug-likeness (QED) is 0.863. The largest absolute Gasteiger partial charge is 0.505 e. The number of carbonyl (C=O) groups is 1. The van der Waals surface area contributed by atoms with Crippen LogP contribution in [-0.2, 0) is 14.9 Å². The molecule has 0 bridgehead atoms. The smallest absolute Gasteiger partial charge is 0.306 e. The summed E-state index contributed by atoms with van der Waals surface area (Å²) < 4.78 is 29.4. The highest BCUT2D eigenvalue weighted by Crippen LogP contribution is 2.63. The van der Waals surface area contributed by atoms with Gasteiger partial charge in [-0.3, -0.25) is 4.79 Å². The molecule has 1 N–H and O–H groups in total. The van der Waals surface area contributed by atoms with Crippen LogP contribution < -0.4 is 9.47 Å². The molecular weight excluding hydrogens is 327 g/mol. The first kappa shape index (κ1) is 15.7. The van der Waals surface area contributed by atoms with Crippen LogP contribution >= 0.6 is 0 Å². The van der Waals surface area contributed by atoms with Gasteiger partial charge in [0.05, 0.1) is 13.5 Å². The molecule has 2 unspecified atom stereocenters. The highest BCUT2D eigenvalue weighted by molar-refractivity contribution is 5.73. The van der Waals surface area contributed by atoms with Crippen molar-refractivity contribution in [1.82, 2.24) is 0 Å². The van der Waals surface area contributed by atoms with Crippen molar-refractivity contribution in [2.75, 3.05) is 13.9 Å². The zero-order valence-corrected chi connectivity index (χ0v) is 13.6. The predicted octanol–water partition coefficient (Wildman–Crippen LogP) is 3.25. The van der Waals surface area contributed by atoms with E-state index in [0.717, 1.165) is 11.1 Å². The summed E-state index contributed by atoms with van der Waals surface area (Å²) in [6.45, 7) is 0.176. The molecule has 2 aliphatic rings. The number of rotatable bonds is 4. The summed E-state index contributed by atoms with van der Waals surface area (Å²) in [7, 11) is 1.35. The molecule has 1 heterocycles. The van der Waals surface area contributed by atoms with Gasteiger partial charge in [0.15, 0.2) is 23.1 Å². The van der Waals surface area contributed by atoms with Crippen LogP contribution in [0.5, 0.6) is 17.2 Å². The van der Waals surface area contributed by atoms with E-state index in [9.17, 15) is 14.3 Å². The lowest BCUT2D eigenvalue weighted by Gasteiger charge is -2.18. The molecule has 0 saturated heterocycles. The highest BCUT2D eigenvalue weighted by atomic mass is 19.1. The second-order valence-corrected chi connectivity index (χ2v) is 6.44. The highest BCUT2D eigenvalue weighted by Gasteiger charge is 2.57. The van der Waals surface area contributed by atoms with Gasteiger partial charge in [-0.05, 0) is 47.7 Å². The minimum Gasteiger partial charge on any atom is -0.505 e. The van der Waals surface area contributed by atoms with Crippen molar-refractivity contribution >= 4 is 5.97 Å². The van der Waals surface area contributed by atoms with Gasteiger partial charge in [-0.25, -0.2) is 4.39 Å². The fraction of sp³-hybridized carbons (Fsp3) is 0.316. The lowest BCUT2D eigenvalue weighted by molar-refractivity contribution is -0.141. The minimum absolute atomic E-state index is 0.0397. The van der Waals surface area contributed by atoms with E-state index in [2.05, 4.69) is 0 Å². The molecule has 1 aliphatic carbocycles. The number of fused-ring (bicyclic) bond motifs is 1. The van der Waals surface area contributed by atoms with Crippen LogP contribution in [0.25, 0.3) is 0 Å². The summed E-state index contributed by atoms with van der Waals surface area (Å²) in [6, 6.07) is 9.96. The molecule has 0 radical (unpaired) electrons. The van der Waals surface area contributed by atoms with Gasteiger partial charge >= 0.3 is 5.97 Å². The van der Waals surface area contributed by atoms with E-state index in [0.29, 0.717) is 17.9 Å². The molecule has 2 aromatic carbocycles. The lowest BCUT2D eigenvalue weighted by atomic mass is 9.87. The predicted molar refractivity (Wildman–Crippen MR) is 86.3 cm³/mol. The fourth-order valence-corrected chi connectivity index (χ4v) is 3.63. The van der Waals surface area contributed by atoms with Gasteiger partial charge in [0.1, 0.15) is 0 Å². The number of phenols is 1. The number of esters is 1. The van der Waals surface area contributed by atoms with Crippen molar-refractivity contribution in [3.63, 3.8) is 0 Å². The van der Waals surface area contributed by atoms with Crippen molar-refractivity contribution < 1.29 is 28.5 Å². The average molecular weight is 344 g/mol. The molecule has 1 saturated carbocycles. The third-order valence-corrected chi connectivity index (χ3v) is 5.08. The number of methoxy groups -OCH3 is 1. The number of ether oxygens (including phenoxy) is 3. The maximum atomic E-state index is 13.8. The Hall–Kier alpha value is -2.76. The van der Waals surface area contributed by atoms with Crippen LogP contribution in [0.2, 0.25) is 0 Å². The molecule has 0 amide bonds. The van der Waals surface area contributed by atoms with Crippen molar-refractivity contribution in [2.24, 2.45) is 0 Å². The molecule has 1 aliphatic heterocycles. The normalized spacial score (nSPS) is 23.4. The van der Waals surface area contributed by atoms with E-state index in [1.165, 1.54) is 19.2 Å². The zero-order chi connectivity index (χ0) is 17.6. The van der Waals surface area contributed by atoms with Crippen LogP contribution in [0.3, 0.4) is 0 Å². The second kappa shape index (κ2) is 5.65. The number of hydrogen-bond acceptors (Lipinski definition) is 5. The third kappa shape index (κ3) is 2.58. The molecule has 5 nitrogen and oxygen atoms in total. The summed E-state index contributed by atoms with van der Waals surface area (Å²) in [5.41, 5.74) is 1.20. The Morgan fingerprint density at radius 2 is 2.08 bits per heavy atom. The number of hydrogen-bond donors (Lipinski definition) is 1. The van der Waals surface area contributed by atoms with Crippen LogP contribution in [0.15, 0.2) is 36.4 Å². The minimum atomic E-state index is -0.665. The number of carbonyl (C=O) groups excluding carboxylic acids is 1. The number of halogens is 1. The van der Waals surface area contributed by atoms with Gasteiger partial charge in [0.2, 0.25) is 6.79 Å². The Kier molecular flexibility index (Phi) is 3.56. The topological polar surface area (TPSA) is 65.0 Å². The molecule has 4 rings (SSSR count). The van der Waals surface area contributed by atoms with Gasteiger partial charge in [0, 0.05) is 5.41 Å². The Morgan fingerprint density at radius 3 is 2.84 bits per heavy atom. The van der Waals surface area contributed by atoms with E-state index in [4.69, 9.17) is 14.2 Å². The second-order valence-electron chi connectivity index (χ2n) is 6.44. The van der Waals surface area contributed by atoms with Crippen molar-refractivity contribution in [2.45, 2.75) is 24.2 Å². The van der Waals surface area contributed by atoms with E-state index < -0.39 is 11.2 Å². The fourth-order valence-electron chi connectivity index (χ4n) is 3.63. The van der Waals surface area contributed by atoms with Crippen LogP contribution in [0.4, 0.5) is 4.39 Å². The summed E-state index contributed by atoms with van der Waals surface area (Å²) in [5.74, 6) is -0.0938. The molecule has 25 heavy (non-hydrogen) atoms. The molecule has 2 atom stereocenters. The maximum absolute atomic E-state index is 13.8. The summed E-state index contributed by atoms with van der Waals surface area (Å²) in [4.78, 5) is 12.0. The number of benzene rings is 2. The Morgan fingerprint density at radius 1 is 1.28 bits per heavy atom. The van der Waals surface area contributed by atoms with E-state index in [1.54, 1.807) is 6.07 Å². The summed E-state index contributed by atoms with van der Waals surface area (Å²) >= 11 is 0. The van der Waals surface area contributed by atoms with Crippen molar-refractivity contribution in [3.05, 3.63) is 53.3 Å². The first-order chi connectivity index (χ1) is 12.0. The van der Waals surface area contributed by atoms with E-state index >= 15 is 0 Å². The Bertz CT molecular complexity index is 850. The molecular formula is C19H17FO5. The third-order valence-electron chi connectivity index (χ3n) is 5.08. The molecule has 2 aromatic rings. The van der Waals surface area contributed by atoms with E-state index in [1.807, 2.05) is 18.2 Å². The molecule has 1 fully saturated rings. The van der Waals surface area contributed by atoms with Gasteiger partial charge in [-0.1, -0.05) is 12.1 Å². The first-order valence-corrected chi connectivity index (χ1v) is 7.99. The van der Waals surface area contributed by atoms with Gasteiger partial charge in [0.25, 0.3) is 0 Å². The SMILES string of the molecule is COC(=O)CC1(c2ccc3c(c2)OCO3)CC1c1ccc(O)c(F)c1. The first-order valence-electron chi connectivity index (χ1n) is 7.99. The molecule has 0 aromatic heterocycles. The van der Waals surface area contributed by atoms with Crippen LogP contribution in [0, 0.1) is 5.82 Å². The van der Waals surface area contributed by atoms with E-state index in [-0.39, 0.29) is 30.9 Å². The van der Waals surface area contributed by atoms with Gasteiger partial charge in [-0.15, -0.1) is 0 Å². The Labute approximate surface area is 143 Å². The standard InChI is InChI=1S/C19H17FO5/c1-23-18(22)9-19(12-3-5-16-17(7-12)25-10-24-16)8-13(19)11-2-4-15(21)14(20)6-11/h2-7,13,21H,8-10H2,1H3. The number of aromatic hydroxyl groups is 1. The van der Waals surface area contributed by atoms with Gasteiger partial charge in [-0.2, -0.15) is 0 Å².